The molecule has 8 nitrogen and oxygen atoms in total. The van der Waals surface area contributed by atoms with Crippen LogP contribution in [0.15, 0.2) is 29.2 Å². The van der Waals surface area contributed by atoms with E-state index in [2.05, 4.69) is 0 Å². The van der Waals surface area contributed by atoms with Gasteiger partial charge in [-0.3, -0.25) is 9.59 Å². The maximum Gasteiger partial charge on any atom is 0.309 e. The van der Waals surface area contributed by atoms with Gasteiger partial charge in [0, 0.05) is 26.2 Å². The Morgan fingerprint density at radius 1 is 0.967 bits per heavy atom. The zero-order valence-electron chi connectivity index (χ0n) is 17.4. The highest BCUT2D eigenvalue weighted by Gasteiger charge is 2.33. The third-order valence-electron chi connectivity index (χ3n) is 5.78. The van der Waals surface area contributed by atoms with Gasteiger partial charge in [0.05, 0.1) is 17.9 Å². The van der Waals surface area contributed by atoms with Gasteiger partial charge in [0.1, 0.15) is 5.75 Å². The van der Waals surface area contributed by atoms with Crippen LogP contribution in [0.3, 0.4) is 0 Å². The molecular weight excluding hydrogens is 408 g/mol. The number of methoxy groups -OCH3 is 1. The molecule has 1 aromatic rings. The Morgan fingerprint density at radius 2 is 1.57 bits per heavy atom. The van der Waals surface area contributed by atoms with Gasteiger partial charge in [-0.25, -0.2) is 8.42 Å². The molecule has 0 aromatic heterocycles. The molecule has 0 atom stereocenters. The lowest BCUT2D eigenvalue weighted by Crippen LogP contribution is -2.41. The summed E-state index contributed by atoms with van der Waals surface area (Å²) in [5.74, 6) is -0.362. The summed E-state index contributed by atoms with van der Waals surface area (Å²) in [7, 11) is -2.09. The first-order valence-corrected chi connectivity index (χ1v) is 11.9. The Bertz CT molecular complexity index is 824. The summed E-state index contributed by atoms with van der Waals surface area (Å²) in [5.41, 5.74) is 0. The van der Waals surface area contributed by atoms with Crippen LogP contribution in [-0.2, 0) is 24.3 Å². The van der Waals surface area contributed by atoms with E-state index in [0.29, 0.717) is 18.6 Å². The van der Waals surface area contributed by atoms with E-state index in [9.17, 15) is 18.0 Å². The minimum Gasteiger partial charge on any atom is -0.497 e. The predicted octanol–water partition coefficient (Wildman–Crippen LogP) is 2.04. The highest BCUT2D eigenvalue weighted by molar-refractivity contribution is 7.89. The lowest BCUT2D eigenvalue weighted by atomic mass is 9.98. The number of amides is 1. The summed E-state index contributed by atoms with van der Waals surface area (Å²) in [6.07, 6.45) is 4.99. The molecule has 2 aliphatic rings. The first kappa shape index (κ1) is 22.6. The molecule has 0 unspecified atom stereocenters. The summed E-state index contributed by atoms with van der Waals surface area (Å²) in [4.78, 5) is 26.6. The summed E-state index contributed by atoms with van der Waals surface area (Å²) in [6, 6.07) is 6.25. The fourth-order valence-electron chi connectivity index (χ4n) is 3.89. The van der Waals surface area contributed by atoms with Crippen LogP contribution in [0.1, 0.15) is 38.5 Å². The molecule has 0 saturated carbocycles. The molecule has 1 aromatic carbocycles. The van der Waals surface area contributed by atoms with Crippen LogP contribution in [0.5, 0.6) is 5.75 Å². The molecule has 0 aliphatic carbocycles. The standard InChI is InChI=1S/C21H30N2O6S/c1-28-18-6-8-19(9-7-18)30(26,27)23-14-10-17(11-15-23)21(25)29-16-20(24)22-12-4-2-3-5-13-22/h6-9,17H,2-5,10-16H2,1H3. The monoisotopic (exact) mass is 438 g/mol. The van der Waals surface area contributed by atoms with E-state index in [1.807, 2.05) is 0 Å². The average Bonchev–Trinajstić information content (AvgIpc) is 3.07. The highest BCUT2D eigenvalue weighted by Crippen LogP contribution is 2.25. The molecule has 166 valence electrons. The summed E-state index contributed by atoms with van der Waals surface area (Å²) >= 11 is 0. The number of piperidine rings is 1. The largest absolute Gasteiger partial charge is 0.497 e. The lowest BCUT2D eigenvalue weighted by Gasteiger charge is -2.30. The van der Waals surface area contributed by atoms with Gasteiger partial charge in [0.2, 0.25) is 10.0 Å². The van der Waals surface area contributed by atoms with Crippen molar-refractivity contribution in [3.05, 3.63) is 24.3 Å². The van der Waals surface area contributed by atoms with Crippen molar-refractivity contribution in [3.8, 4) is 5.75 Å². The molecule has 9 heteroatoms. The Hall–Kier alpha value is -2.13. The molecule has 0 N–H and O–H groups in total. The number of nitrogens with zero attached hydrogens (tertiary/aromatic N) is 2. The third kappa shape index (κ3) is 5.51. The van der Waals surface area contributed by atoms with Gasteiger partial charge < -0.3 is 14.4 Å². The van der Waals surface area contributed by atoms with Crippen LogP contribution >= 0.6 is 0 Å². The van der Waals surface area contributed by atoms with Gasteiger partial charge >= 0.3 is 5.97 Å². The Labute approximate surface area is 178 Å². The summed E-state index contributed by atoms with van der Waals surface area (Å²) < 4.78 is 37.3. The van der Waals surface area contributed by atoms with E-state index in [0.717, 1.165) is 38.8 Å². The van der Waals surface area contributed by atoms with Crippen molar-refractivity contribution in [2.24, 2.45) is 5.92 Å². The van der Waals surface area contributed by atoms with Crippen molar-refractivity contribution in [1.82, 2.24) is 9.21 Å². The van der Waals surface area contributed by atoms with Crippen LogP contribution in [0.2, 0.25) is 0 Å². The van der Waals surface area contributed by atoms with Gasteiger partial charge in [0.25, 0.3) is 5.91 Å². The number of ether oxygens (including phenoxy) is 2. The van der Waals surface area contributed by atoms with Gasteiger partial charge in [-0.1, -0.05) is 12.8 Å². The number of hydrogen-bond acceptors (Lipinski definition) is 6. The van der Waals surface area contributed by atoms with Gasteiger partial charge in [-0.2, -0.15) is 4.31 Å². The zero-order chi connectivity index (χ0) is 21.6. The molecule has 0 spiro atoms. The number of benzene rings is 1. The predicted molar refractivity (Wildman–Crippen MR) is 110 cm³/mol. The Morgan fingerprint density at radius 3 is 2.13 bits per heavy atom. The minimum atomic E-state index is -3.61. The van der Waals surface area contributed by atoms with Crippen molar-refractivity contribution in [2.75, 3.05) is 39.9 Å². The number of likely N-dealkylation sites (tertiary alicyclic amines) is 1. The quantitative estimate of drug-likeness (QED) is 0.631. The van der Waals surface area contributed by atoms with Crippen molar-refractivity contribution < 1.29 is 27.5 Å². The average molecular weight is 439 g/mol. The topological polar surface area (TPSA) is 93.2 Å². The molecule has 2 fully saturated rings. The molecule has 0 bridgehead atoms. The van der Waals surface area contributed by atoms with Gasteiger partial charge in [0.15, 0.2) is 6.61 Å². The first-order chi connectivity index (χ1) is 14.4. The molecular formula is C21H30N2O6S. The van der Waals surface area contributed by atoms with E-state index < -0.39 is 16.0 Å². The third-order valence-corrected chi connectivity index (χ3v) is 7.69. The lowest BCUT2D eigenvalue weighted by molar-refractivity contribution is -0.156. The number of rotatable bonds is 6. The summed E-state index contributed by atoms with van der Waals surface area (Å²) in [5, 5.41) is 0. The molecule has 0 radical (unpaired) electrons. The second-order valence-corrected chi connectivity index (χ2v) is 9.69. The number of sulfonamides is 1. The second kappa shape index (κ2) is 10.3. The molecule has 2 saturated heterocycles. The molecule has 3 rings (SSSR count). The number of hydrogen-bond donors (Lipinski definition) is 0. The van der Waals surface area contributed by atoms with E-state index in [-0.39, 0.29) is 36.4 Å². The maximum absolute atomic E-state index is 12.8. The van der Waals surface area contributed by atoms with E-state index in [1.54, 1.807) is 17.0 Å². The van der Waals surface area contributed by atoms with E-state index >= 15 is 0 Å². The molecule has 30 heavy (non-hydrogen) atoms. The van der Waals surface area contributed by atoms with Crippen LogP contribution in [0.25, 0.3) is 0 Å². The number of esters is 1. The number of carbonyl (C=O) groups excluding carboxylic acids is 2. The van der Waals surface area contributed by atoms with E-state index in [1.165, 1.54) is 23.5 Å². The maximum atomic E-state index is 12.8. The molecule has 2 heterocycles. The number of carbonyl (C=O) groups is 2. The van der Waals surface area contributed by atoms with Crippen LogP contribution in [0, 0.1) is 5.92 Å². The fraction of sp³-hybridized carbons (Fsp3) is 0.619. The second-order valence-electron chi connectivity index (χ2n) is 7.76. The first-order valence-electron chi connectivity index (χ1n) is 10.5. The van der Waals surface area contributed by atoms with Crippen molar-refractivity contribution in [2.45, 2.75) is 43.4 Å². The molecule has 1 amide bonds. The minimum absolute atomic E-state index is 0.148. The molecule has 2 aliphatic heterocycles. The Balaban J connectivity index is 1.48. The van der Waals surface area contributed by atoms with Crippen molar-refractivity contribution in [3.63, 3.8) is 0 Å². The fourth-order valence-corrected chi connectivity index (χ4v) is 5.36. The van der Waals surface area contributed by atoms with Crippen LogP contribution < -0.4 is 4.74 Å². The zero-order valence-corrected chi connectivity index (χ0v) is 18.2. The SMILES string of the molecule is COc1ccc(S(=O)(=O)N2CCC(C(=O)OCC(=O)N3CCCCCC3)CC2)cc1. The normalized spacial score (nSPS) is 19.2. The van der Waals surface area contributed by atoms with Gasteiger partial charge in [-0.05, 0) is 49.9 Å². The van der Waals surface area contributed by atoms with Crippen molar-refractivity contribution in [1.29, 1.82) is 0 Å². The van der Waals surface area contributed by atoms with Crippen molar-refractivity contribution >= 4 is 21.9 Å². The summed E-state index contributed by atoms with van der Waals surface area (Å²) in [6.45, 7) is 1.70. The van der Waals surface area contributed by atoms with Crippen LogP contribution in [-0.4, -0.2) is 69.4 Å². The smallest absolute Gasteiger partial charge is 0.309 e. The van der Waals surface area contributed by atoms with Crippen LogP contribution in [0.4, 0.5) is 0 Å². The van der Waals surface area contributed by atoms with E-state index in [4.69, 9.17) is 9.47 Å². The Kier molecular flexibility index (Phi) is 7.71. The highest BCUT2D eigenvalue weighted by atomic mass is 32.2. The van der Waals surface area contributed by atoms with Gasteiger partial charge in [-0.15, -0.1) is 0 Å².